The van der Waals surface area contributed by atoms with Gasteiger partial charge in [-0.2, -0.15) is 5.10 Å². The van der Waals surface area contributed by atoms with Gasteiger partial charge in [-0.05, 0) is 36.2 Å². The number of nitrogens with one attached hydrogen (secondary N) is 2. The number of hydrogen-bond donors (Lipinski definition) is 2. The van der Waals surface area contributed by atoms with Crippen LogP contribution in [0.5, 0.6) is 0 Å². The van der Waals surface area contributed by atoms with Crippen LogP contribution in [0, 0.1) is 6.92 Å². The number of hydrogen-bond acceptors (Lipinski definition) is 3. The standard InChI is InChI=1S/C17H16ClN3O2/c1-12-4-2-3-5-15(12)17(23)19-11-16(22)21-20-10-13-6-8-14(18)9-7-13/h2-10H,11H2,1H3,(H,19,23)(H,21,22)/b20-10-. The molecule has 0 heterocycles. The van der Waals surface area contributed by atoms with Gasteiger partial charge < -0.3 is 5.32 Å². The predicted molar refractivity (Wildman–Crippen MR) is 90.7 cm³/mol. The third kappa shape index (κ3) is 5.23. The second-order valence-corrected chi connectivity index (χ2v) is 5.28. The van der Waals surface area contributed by atoms with Gasteiger partial charge >= 0.3 is 0 Å². The van der Waals surface area contributed by atoms with Gasteiger partial charge in [-0.15, -0.1) is 0 Å². The molecule has 2 aromatic carbocycles. The smallest absolute Gasteiger partial charge is 0.259 e. The van der Waals surface area contributed by atoms with E-state index < -0.39 is 5.91 Å². The van der Waals surface area contributed by atoms with Gasteiger partial charge in [0, 0.05) is 10.6 Å². The van der Waals surface area contributed by atoms with Gasteiger partial charge in [-0.3, -0.25) is 9.59 Å². The molecule has 0 aliphatic carbocycles. The van der Waals surface area contributed by atoms with Gasteiger partial charge in [0.1, 0.15) is 0 Å². The van der Waals surface area contributed by atoms with E-state index in [0.29, 0.717) is 10.6 Å². The largest absolute Gasteiger partial charge is 0.343 e. The lowest BCUT2D eigenvalue weighted by atomic mass is 10.1. The van der Waals surface area contributed by atoms with Crippen molar-refractivity contribution in [1.29, 1.82) is 0 Å². The molecule has 0 unspecified atom stereocenters. The highest BCUT2D eigenvalue weighted by molar-refractivity contribution is 6.30. The van der Waals surface area contributed by atoms with Crippen LogP contribution < -0.4 is 10.7 Å². The molecular formula is C17H16ClN3O2. The summed E-state index contributed by atoms with van der Waals surface area (Å²) in [6.45, 7) is 1.69. The lowest BCUT2D eigenvalue weighted by molar-refractivity contribution is -0.120. The Morgan fingerprint density at radius 2 is 1.83 bits per heavy atom. The molecule has 0 aromatic heterocycles. The fraction of sp³-hybridized carbons (Fsp3) is 0.118. The molecule has 0 saturated heterocycles. The molecule has 5 nitrogen and oxygen atoms in total. The number of benzene rings is 2. The third-order valence-corrected chi connectivity index (χ3v) is 3.32. The van der Waals surface area contributed by atoms with Crippen LogP contribution in [0.25, 0.3) is 0 Å². The first-order valence-electron chi connectivity index (χ1n) is 6.97. The molecule has 0 aliphatic rings. The van der Waals surface area contributed by atoms with Crippen molar-refractivity contribution in [2.24, 2.45) is 5.10 Å². The minimum atomic E-state index is -0.405. The molecule has 118 valence electrons. The topological polar surface area (TPSA) is 70.6 Å². The maximum absolute atomic E-state index is 12.0. The number of halogens is 1. The average Bonchev–Trinajstić information content (AvgIpc) is 2.55. The molecule has 2 rings (SSSR count). The van der Waals surface area contributed by atoms with Gasteiger partial charge in [0.05, 0.1) is 12.8 Å². The number of nitrogens with zero attached hydrogens (tertiary/aromatic N) is 1. The van der Waals surface area contributed by atoms with Crippen LogP contribution in [0.4, 0.5) is 0 Å². The first kappa shape index (κ1) is 16.7. The zero-order valence-electron chi connectivity index (χ0n) is 12.5. The van der Waals surface area contributed by atoms with E-state index in [9.17, 15) is 9.59 Å². The monoisotopic (exact) mass is 329 g/mol. The van der Waals surface area contributed by atoms with Crippen molar-refractivity contribution in [3.05, 3.63) is 70.2 Å². The van der Waals surface area contributed by atoms with Crippen molar-refractivity contribution in [3.63, 3.8) is 0 Å². The number of rotatable bonds is 5. The molecule has 0 saturated carbocycles. The summed E-state index contributed by atoms with van der Waals surface area (Å²) >= 11 is 5.77. The van der Waals surface area contributed by atoms with Crippen molar-refractivity contribution in [2.45, 2.75) is 6.92 Å². The summed E-state index contributed by atoms with van der Waals surface area (Å²) in [5, 5.41) is 7.00. The number of aryl methyl sites for hydroxylation is 1. The first-order valence-corrected chi connectivity index (χ1v) is 7.35. The molecule has 0 radical (unpaired) electrons. The molecule has 2 N–H and O–H groups in total. The van der Waals surface area contributed by atoms with E-state index in [1.165, 1.54) is 6.21 Å². The molecule has 2 aromatic rings. The van der Waals surface area contributed by atoms with Crippen LogP contribution in [0.2, 0.25) is 5.02 Å². The zero-order valence-corrected chi connectivity index (χ0v) is 13.3. The van der Waals surface area contributed by atoms with Gasteiger partial charge in [-0.25, -0.2) is 5.43 Å². The molecule has 0 spiro atoms. The van der Waals surface area contributed by atoms with E-state index in [1.807, 2.05) is 19.1 Å². The highest BCUT2D eigenvalue weighted by Gasteiger charge is 2.09. The van der Waals surface area contributed by atoms with Crippen LogP contribution in [-0.2, 0) is 4.79 Å². The van der Waals surface area contributed by atoms with E-state index in [1.54, 1.807) is 36.4 Å². The predicted octanol–water partition coefficient (Wildman–Crippen LogP) is 2.53. The first-order chi connectivity index (χ1) is 11.1. The maximum atomic E-state index is 12.0. The van der Waals surface area contributed by atoms with Crippen molar-refractivity contribution in [3.8, 4) is 0 Å². The van der Waals surface area contributed by atoms with Gasteiger partial charge in [-0.1, -0.05) is 41.9 Å². The van der Waals surface area contributed by atoms with Gasteiger partial charge in [0.15, 0.2) is 0 Å². The summed E-state index contributed by atoms with van der Waals surface area (Å²) in [6, 6.07) is 14.2. The molecule has 0 bridgehead atoms. The van der Waals surface area contributed by atoms with E-state index in [-0.39, 0.29) is 12.5 Å². The molecular weight excluding hydrogens is 314 g/mol. The van der Waals surface area contributed by atoms with Crippen molar-refractivity contribution < 1.29 is 9.59 Å². The lowest BCUT2D eigenvalue weighted by Gasteiger charge is -2.06. The van der Waals surface area contributed by atoms with Crippen LogP contribution in [0.1, 0.15) is 21.5 Å². The van der Waals surface area contributed by atoms with Crippen molar-refractivity contribution in [2.75, 3.05) is 6.54 Å². The summed E-state index contributed by atoms with van der Waals surface area (Å²) in [4.78, 5) is 23.6. The fourth-order valence-electron chi connectivity index (χ4n) is 1.85. The maximum Gasteiger partial charge on any atom is 0.259 e. The molecule has 6 heteroatoms. The zero-order chi connectivity index (χ0) is 16.7. The van der Waals surface area contributed by atoms with Crippen molar-refractivity contribution >= 4 is 29.6 Å². The number of hydrazone groups is 1. The highest BCUT2D eigenvalue weighted by Crippen LogP contribution is 2.08. The second kappa shape index (κ2) is 8.10. The average molecular weight is 330 g/mol. The number of carbonyl (C=O) groups is 2. The molecule has 0 fully saturated rings. The fourth-order valence-corrected chi connectivity index (χ4v) is 1.98. The molecule has 23 heavy (non-hydrogen) atoms. The minimum Gasteiger partial charge on any atom is -0.343 e. The van der Waals surface area contributed by atoms with E-state index in [0.717, 1.165) is 11.1 Å². The van der Waals surface area contributed by atoms with E-state index in [2.05, 4.69) is 15.8 Å². The second-order valence-electron chi connectivity index (χ2n) is 4.84. The van der Waals surface area contributed by atoms with Crippen LogP contribution >= 0.6 is 11.6 Å². The summed E-state index contributed by atoms with van der Waals surface area (Å²) in [6.07, 6.45) is 1.50. The Labute approximate surface area is 139 Å². The van der Waals surface area contributed by atoms with Crippen LogP contribution in [0.15, 0.2) is 53.6 Å². The summed E-state index contributed by atoms with van der Waals surface area (Å²) in [5.41, 5.74) is 4.55. The normalized spacial score (nSPS) is 10.5. The Morgan fingerprint density at radius 3 is 2.52 bits per heavy atom. The Morgan fingerprint density at radius 1 is 1.13 bits per heavy atom. The Hall–Kier alpha value is -2.66. The summed E-state index contributed by atoms with van der Waals surface area (Å²) < 4.78 is 0. The van der Waals surface area contributed by atoms with Crippen LogP contribution in [-0.4, -0.2) is 24.6 Å². The van der Waals surface area contributed by atoms with Gasteiger partial charge in [0.25, 0.3) is 11.8 Å². The molecule has 0 atom stereocenters. The summed E-state index contributed by atoms with van der Waals surface area (Å²) in [7, 11) is 0. The minimum absolute atomic E-state index is 0.148. The Kier molecular flexibility index (Phi) is 5.88. The number of amides is 2. The van der Waals surface area contributed by atoms with Crippen molar-refractivity contribution in [1.82, 2.24) is 10.7 Å². The SMILES string of the molecule is Cc1ccccc1C(=O)NCC(=O)N/N=C\c1ccc(Cl)cc1. The highest BCUT2D eigenvalue weighted by atomic mass is 35.5. The Balaban J connectivity index is 1.80. The molecule has 2 amide bonds. The van der Waals surface area contributed by atoms with Crippen LogP contribution in [0.3, 0.4) is 0 Å². The third-order valence-electron chi connectivity index (χ3n) is 3.07. The van der Waals surface area contributed by atoms with E-state index in [4.69, 9.17) is 11.6 Å². The molecule has 0 aliphatic heterocycles. The lowest BCUT2D eigenvalue weighted by Crippen LogP contribution is -2.35. The van der Waals surface area contributed by atoms with Gasteiger partial charge in [0.2, 0.25) is 0 Å². The quantitative estimate of drug-likeness (QED) is 0.653. The Bertz CT molecular complexity index is 727. The summed E-state index contributed by atoms with van der Waals surface area (Å²) in [5.74, 6) is -0.697. The number of carbonyl (C=O) groups excluding carboxylic acids is 2. The van der Waals surface area contributed by atoms with E-state index >= 15 is 0 Å².